The van der Waals surface area contributed by atoms with Crippen molar-refractivity contribution in [3.05, 3.63) is 0 Å². The van der Waals surface area contributed by atoms with Gasteiger partial charge < -0.3 is 20.1 Å². The van der Waals surface area contributed by atoms with E-state index in [2.05, 4.69) is 17.6 Å². The van der Waals surface area contributed by atoms with Crippen LogP contribution in [0.1, 0.15) is 40.5 Å². The molecule has 0 radical (unpaired) electrons. The molecule has 5 heteroatoms. The van der Waals surface area contributed by atoms with Gasteiger partial charge in [-0.15, -0.1) is 0 Å². The number of nitrogens with one attached hydrogen (secondary N) is 2. The van der Waals surface area contributed by atoms with Crippen LogP contribution in [0, 0.1) is 5.92 Å². The van der Waals surface area contributed by atoms with Crippen LogP contribution in [-0.4, -0.2) is 44.0 Å². The van der Waals surface area contributed by atoms with E-state index in [1.54, 1.807) is 0 Å². The second kappa shape index (κ2) is 7.70. The molecule has 1 saturated heterocycles. The second-order valence-electron chi connectivity index (χ2n) is 6.28. The van der Waals surface area contributed by atoms with Crippen molar-refractivity contribution < 1.29 is 14.3 Å². The molecule has 1 rings (SSSR count). The van der Waals surface area contributed by atoms with Gasteiger partial charge in [0.2, 0.25) is 0 Å². The molecule has 2 unspecified atom stereocenters. The van der Waals surface area contributed by atoms with Crippen LogP contribution < -0.4 is 10.6 Å². The molecule has 2 N–H and O–H groups in total. The van der Waals surface area contributed by atoms with E-state index in [1.807, 2.05) is 20.8 Å². The Balaban J connectivity index is 2.10. The fraction of sp³-hybridized carbons (Fsp3) is 0.929. The molecule has 1 aliphatic heterocycles. The first-order valence-electron chi connectivity index (χ1n) is 7.15. The lowest BCUT2D eigenvalue weighted by molar-refractivity contribution is 0.0503. The van der Waals surface area contributed by atoms with E-state index < -0.39 is 5.60 Å². The number of carbonyl (C=O) groups is 1. The zero-order chi connectivity index (χ0) is 14.3. The monoisotopic (exact) mass is 272 g/mol. The lowest BCUT2D eigenvalue weighted by Crippen LogP contribution is -2.43. The van der Waals surface area contributed by atoms with Gasteiger partial charge in [0.1, 0.15) is 5.60 Å². The van der Waals surface area contributed by atoms with Crippen molar-refractivity contribution in [2.75, 3.05) is 26.3 Å². The normalized spacial score (nSPS) is 21.8. The highest BCUT2D eigenvalue weighted by Crippen LogP contribution is 2.12. The Labute approximate surface area is 116 Å². The van der Waals surface area contributed by atoms with Crippen LogP contribution in [0.5, 0.6) is 0 Å². The molecular formula is C14H28N2O3. The predicted molar refractivity (Wildman–Crippen MR) is 75.2 cm³/mol. The third-order valence-corrected chi connectivity index (χ3v) is 2.96. The standard InChI is InChI=1S/C14H28N2O3/c1-11(8-16-13(17)19-14(2,3)4)15-9-12-6-5-7-18-10-12/h11-12,15H,5-10H2,1-4H3,(H,16,17). The van der Waals surface area contributed by atoms with Gasteiger partial charge in [-0.2, -0.15) is 0 Å². The summed E-state index contributed by atoms with van der Waals surface area (Å²) in [6, 6.07) is 0.231. The van der Waals surface area contributed by atoms with Gasteiger partial charge >= 0.3 is 6.09 Å². The molecule has 19 heavy (non-hydrogen) atoms. The minimum atomic E-state index is -0.444. The van der Waals surface area contributed by atoms with Crippen molar-refractivity contribution >= 4 is 6.09 Å². The first-order chi connectivity index (χ1) is 8.87. The van der Waals surface area contributed by atoms with Crippen molar-refractivity contribution in [2.24, 2.45) is 5.92 Å². The van der Waals surface area contributed by atoms with Crippen molar-refractivity contribution in [1.29, 1.82) is 0 Å². The first kappa shape index (κ1) is 16.2. The summed E-state index contributed by atoms with van der Waals surface area (Å²) in [4.78, 5) is 11.5. The molecule has 112 valence electrons. The Kier molecular flexibility index (Phi) is 6.58. The van der Waals surface area contributed by atoms with Crippen LogP contribution in [0.3, 0.4) is 0 Å². The van der Waals surface area contributed by atoms with Gasteiger partial charge in [0.05, 0.1) is 6.61 Å². The molecule has 5 nitrogen and oxygen atoms in total. The number of ether oxygens (including phenoxy) is 2. The summed E-state index contributed by atoms with van der Waals surface area (Å²) in [7, 11) is 0. The molecule has 1 amide bonds. The van der Waals surface area contributed by atoms with Crippen LogP contribution >= 0.6 is 0 Å². The largest absolute Gasteiger partial charge is 0.444 e. The smallest absolute Gasteiger partial charge is 0.407 e. The van der Waals surface area contributed by atoms with Gasteiger partial charge in [-0.25, -0.2) is 4.79 Å². The average molecular weight is 272 g/mol. The highest BCUT2D eigenvalue weighted by molar-refractivity contribution is 5.67. The summed E-state index contributed by atoms with van der Waals surface area (Å²) in [5.74, 6) is 0.595. The number of rotatable bonds is 5. The minimum Gasteiger partial charge on any atom is -0.444 e. The molecule has 0 spiro atoms. The van der Waals surface area contributed by atoms with Crippen LogP contribution in [0.25, 0.3) is 0 Å². The lowest BCUT2D eigenvalue weighted by atomic mass is 10.0. The van der Waals surface area contributed by atoms with Crippen LogP contribution in [0.2, 0.25) is 0 Å². The minimum absolute atomic E-state index is 0.231. The Morgan fingerprint density at radius 3 is 2.79 bits per heavy atom. The summed E-state index contributed by atoms with van der Waals surface area (Å²) < 4.78 is 10.6. The molecular weight excluding hydrogens is 244 g/mol. The van der Waals surface area contributed by atoms with Gasteiger partial charge in [0.25, 0.3) is 0 Å². The third-order valence-electron chi connectivity index (χ3n) is 2.96. The van der Waals surface area contributed by atoms with E-state index in [0.29, 0.717) is 12.5 Å². The van der Waals surface area contributed by atoms with E-state index in [0.717, 1.165) is 26.2 Å². The number of carbonyl (C=O) groups excluding carboxylic acids is 1. The van der Waals surface area contributed by atoms with Crippen molar-refractivity contribution in [1.82, 2.24) is 10.6 Å². The molecule has 1 fully saturated rings. The van der Waals surface area contributed by atoms with Crippen molar-refractivity contribution in [2.45, 2.75) is 52.2 Å². The SMILES string of the molecule is CC(CNC(=O)OC(C)(C)C)NCC1CCCOC1. The van der Waals surface area contributed by atoms with Gasteiger partial charge in [-0.05, 0) is 46.5 Å². The molecule has 0 bridgehead atoms. The average Bonchev–Trinajstić information content (AvgIpc) is 2.33. The fourth-order valence-electron chi connectivity index (χ4n) is 1.96. The fourth-order valence-corrected chi connectivity index (χ4v) is 1.96. The zero-order valence-electron chi connectivity index (χ0n) is 12.6. The molecule has 1 heterocycles. The molecule has 0 aromatic heterocycles. The number of hydrogen-bond donors (Lipinski definition) is 2. The van der Waals surface area contributed by atoms with Gasteiger partial charge in [-0.1, -0.05) is 0 Å². The Morgan fingerprint density at radius 1 is 1.47 bits per heavy atom. The van der Waals surface area contributed by atoms with Gasteiger partial charge in [0.15, 0.2) is 0 Å². The third kappa shape index (κ3) is 8.06. The molecule has 2 atom stereocenters. The van der Waals surface area contributed by atoms with E-state index in [4.69, 9.17) is 9.47 Å². The summed E-state index contributed by atoms with van der Waals surface area (Å²) in [6.07, 6.45) is 2.01. The van der Waals surface area contributed by atoms with E-state index in [-0.39, 0.29) is 12.1 Å². The summed E-state index contributed by atoms with van der Waals surface area (Å²) >= 11 is 0. The van der Waals surface area contributed by atoms with E-state index in [9.17, 15) is 4.79 Å². The second-order valence-corrected chi connectivity index (χ2v) is 6.28. The highest BCUT2D eigenvalue weighted by atomic mass is 16.6. The van der Waals surface area contributed by atoms with Crippen LogP contribution in [0.4, 0.5) is 4.79 Å². The maximum atomic E-state index is 11.5. The van der Waals surface area contributed by atoms with Crippen LogP contribution in [-0.2, 0) is 9.47 Å². The van der Waals surface area contributed by atoms with Crippen LogP contribution in [0.15, 0.2) is 0 Å². The molecule has 0 aromatic carbocycles. The first-order valence-corrected chi connectivity index (χ1v) is 7.15. The summed E-state index contributed by atoms with van der Waals surface area (Å²) in [5, 5.41) is 6.19. The van der Waals surface area contributed by atoms with Crippen molar-refractivity contribution in [3.63, 3.8) is 0 Å². The predicted octanol–water partition coefficient (Wildman–Crippen LogP) is 1.92. The van der Waals surface area contributed by atoms with E-state index in [1.165, 1.54) is 6.42 Å². The number of alkyl carbamates (subject to hydrolysis) is 1. The van der Waals surface area contributed by atoms with E-state index >= 15 is 0 Å². The molecule has 1 aliphatic rings. The Morgan fingerprint density at radius 2 is 2.21 bits per heavy atom. The maximum absolute atomic E-state index is 11.5. The Bertz CT molecular complexity index is 270. The highest BCUT2D eigenvalue weighted by Gasteiger charge is 2.17. The molecule has 0 aliphatic carbocycles. The number of hydrogen-bond acceptors (Lipinski definition) is 4. The zero-order valence-corrected chi connectivity index (χ0v) is 12.6. The lowest BCUT2D eigenvalue weighted by Gasteiger charge is -2.25. The van der Waals surface area contributed by atoms with Gasteiger partial charge in [-0.3, -0.25) is 0 Å². The maximum Gasteiger partial charge on any atom is 0.407 e. The molecule has 0 aromatic rings. The quantitative estimate of drug-likeness (QED) is 0.802. The number of amides is 1. The van der Waals surface area contributed by atoms with Gasteiger partial charge in [0, 0.05) is 25.7 Å². The Hall–Kier alpha value is -0.810. The summed E-state index contributed by atoms with van der Waals surface area (Å²) in [5.41, 5.74) is -0.444. The summed E-state index contributed by atoms with van der Waals surface area (Å²) in [6.45, 7) is 10.9. The molecule has 0 saturated carbocycles. The van der Waals surface area contributed by atoms with Crippen molar-refractivity contribution in [3.8, 4) is 0 Å². The topological polar surface area (TPSA) is 59.6 Å².